The van der Waals surface area contributed by atoms with Gasteiger partial charge in [0.1, 0.15) is 5.75 Å². The predicted octanol–water partition coefficient (Wildman–Crippen LogP) is 0.971. The summed E-state index contributed by atoms with van der Waals surface area (Å²) in [6.45, 7) is 0.413. The molecular formula is C18H20N2O5S. The number of carbonyl (C=O) groups is 1. The van der Waals surface area contributed by atoms with E-state index >= 15 is 0 Å². The first-order valence-electron chi connectivity index (χ1n) is 8.13. The van der Waals surface area contributed by atoms with E-state index in [4.69, 9.17) is 15.2 Å². The van der Waals surface area contributed by atoms with E-state index in [-0.39, 0.29) is 24.2 Å². The standard InChI is InChI=1S/C18H20N2O5S/c19-18(21)12-25-15-5-7-17(8-6-15)26(22,23)20-10-16-9-13-3-1-2-4-14(13)11-24-16/h1-8,16,20H,9-12H2,(H2,19,21)/t16-/m0/s1. The Bertz CT molecular complexity index is 881. The summed E-state index contributed by atoms with van der Waals surface area (Å²) in [5.74, 6) is -0.229. The normalized spacial score (nSPS) is 16.7. The molecule has 0 saturated carbocycles. The molecule has 7 nitrogen and oxygen atoms in total. The highest BCUT2D eigenvalue weighted by atomic mass is 32.2. The van der Waals surface area contributed by atoms with Crippen molar-refractivity contribution in [3.63, 3.8) is 0 Å². The van der Waals surface area contributed by atoms with Crippen LogP contribution in [0.4, 0.5) is 0 Å². The number of primary amides is 1. The van der Waals surface area contributed by atoms with Crippen LogP contribution in [0.5, 0.6) is 5.75 Å². The van der Waals surface area contributed by atoms with Gasteiger partial charge in [-0.25, -0.2) is 13.1 Å². The van der Waals surface area contributed by atoms with Crippen LogP contribution in [0.15, 0.2) is 53.4 Å². The third-order valence-electron chi connectivity index (χ3n) is 4.06. The maximum absolute atomic E-state index is 12.4. The second-order valence-corrected chi connectivity index (χ2v) is 7.75. The Morgan fingerprint density at radius 2 is 1.85 bits per heavy atom. The van der Waals surface area contributed by atoms with Crippen molar-refractivity contribution in [1.29, 1.82) is 0 Å². The molecule has 26 heavy (non-hydrogen) atoms. The largest absolute Gasteiger partial charge is 0.484 e. The van der Waals surface area contributed by atoms with Gasteiger partial charge in [-0.1, -0.05) is 24.3 Å². The lowest BCUT2D eigenvalue weighted by Gasteiger charge is -2.25. The molecule has 0 aromatic heterocycles. The van der Waals surface area contributed by atoms with E-state index in [1.165, 1.54) is 29.8 Å². The molecule has 0 bridgehead atoms. The number of ether oxygens (including phenoxy) is 2. The van der Waals surface area contributed by atoms with Crippen LogP contribution >= 0.6 is 0 Å². The second-order valence-electron chi connectivity index (χ2n) is 5.98. The van der Waals surface area contributed by atoms with Crippen LogP contribution in [0.2, 0.25) is 0 Å². The number of amides is 1. The lowest BCUT2D eigenvalue weighted by atomic mass is 9.99. The molecule has 0 spiro atoms. The van der Waals surface area contributed by atoms with Gasteiger partial charge in [-0.3, -0.25) is 4.79 Å². The molecule has 8 heteroatoms. The quantitative estimate of drug-likeness (QED) is 0.749. The summed E-state index contributed by atoms with van der Waals surface area (Å²) in [4.78, 5) is 10.8. The van der Waals surface area contributed by atoms with E-state index in [0.717, 1.165) is 5.56 Å². The smallest absolute Gasteiger partial charge is 0.255 e. The Hall–Kier alpha value is -2.42. The summed E-state index contributed by atoms with van der Waals surface area (Å²) >= 11 is 0. The van der Waals surface area contributed by atoms with Gasteiger partial charge in [0.2, 0.25) is 10.0 Å². The van der Waals surface area contributed by atoms with Crippen molar-refractivity contribution in [2.75, 3.05) is 13.2 Å². The molecule has 3 N–H and O–H groups in total. The van der Waals surface area contributed by atoms with Gasteiger partial charge in [0.05, 0.1) is 17.6 Å². The van der Waals surface area contributed by atoms with Gasteiger partial charge in [-0.15, -0.1) is 0 Å². The van der Waals surface area contributed by atoms with Gasteiger partial charge >= 0.3 is 0 Å². The van der Waals surface area contributed by atoms with Crippen LogP contribution in [-0.2, 0) is 32.6 Å². The molecule has 138 valence electrons. The molecule has 3 rings (SSSR count). The zero-order chi connectivity index (χ0) is 18.6. The first-order valence-corrected chi connectivity index (χ1v) is 9.61. The van der Waals surface area contributed by atoms with Gasteiger partial charge in [0, 0.05) is 13.0 Å². The number of rotatable bonds is 7. The number of carbonyl (C=O) groups excluding carboxylic acids is 1. The zero-order valence-electron chi connectivity index (χ0n) is 14.1. The second kappa shape index (κ2) is 7.86. The van der Waals surface area contributed by atoms with Crippen molar-refractivity contribution in [1.82, 2.24) is 4.72 Å². The fraction of sp³-hybridized carbons (Fsp3) is 0.278. The fourth-order valence-electron chi connectivity index (χ4n) is 2.70. The molecule has 0 aliphatic carbocycles. The van der Waals surface area contributed by atoms with Crippen LogP contribution < -0.4 is 15.2 Å². The van der Waals surface area contributed by atoms with E-state index in [9.17, 15) is 13.2 Å². The Labute approximate surface area is 152 Å². The molecule has 2 aromatic rings. The number of nitrogens with one attached hydrogen (secondary N) is 1. The Kier molecular flexibility index (Phi) is 5.55. The molecule has 1 amide bonds. The van der Waals surface area contributed by atoms with Gasteiger partial charge in [0.25, 0.3) is 5.91 Å². The highest BCUT2D eigenvalue weighted by Crippen LogP contribution is 2.21. The molecule has 0 unspecified atom stereocenters. The summed E-state index contributed by atoms with van der Waals surface area (Å²) in [5.41, 5.74) is 7.31. The maximum Gasteiger partial charge on any atom is 0.255 e. The van der Waals surface area contributed by atoms with Crippen molar-refractivity contribution in [3.8, 4) is 5.75 Å². The van der Waals surface area contributed by atoms with Gasteiger partial charge in [-0.2, -0.15) is 0 Å². The minimum Gasteiger partial charge on any atom is -0.484 e. The van der Waals surface area contributed by atoms with Gasteiger partial charge < -0.3 is 15.2 Å². The number of hydrogen-bond acceptors (Lipinski definition) is 5. The third kappa shape index (κ3) is 4.60. The molecule has 1 aliphatic rings. The van der Waals surface area contributed by atoms with E-state index in [0.29, 0.717) is 18.8 Å². The molecule has 1 atom stereocenters. The van der Waals surface area contributed by atoms with E-state index in [1.54, 1.807) is 0 Å². The van der Waals surface area contributed by atoms with Crippen molar-refractivity contribution >= 4 is 15.9 Å². The van der Waals surface area contributed by atoms with E-state index in [2.05, 4.69) is 4.72 Å². The van der Waals surface area contributed by atoms with Crippen molar-refractivity contribution < 1.29 is 22.7 Å². The fourth-order valence-corrected chi connectivity index (χ4v) is 3.76. The first-order chi connectivity index (χ1) is 12.4. The summed E-state index contributed by atoms with van der Waals surface area (Å²) in [5, 5.41) is 0. The molecule has 1 heterocycles. The van der Waals surface area contributed by atoms with Crippen LogP contribution in [-0.4, -0.2) is 33.6 Å². The average molecular weight is 376 g/mol. The minimum atomic E-state index is -3.66. The molecule has 0 radical (unpaired) electrons. The third-order valence-corrected chi connectivity index (χ3v) is 5.50. The molecule has 2 aromatic carbocycles. The Balaban J connectivity index is 1.58. The lowest BCUT2D eigenvalue weighted by molar-refractivity contribution is -0.119. The van der Waals surface area contributed by atoms with Crippen molar-refractivity contribution in [3.05, 3.63) is 59.7 Å². The highest BCUT2D eigenvalue weighted by molar-refractivity contribution is 7.89. The van der Waals surface area contributed by atoms with E-state index in [1.807, 2.05) is 24.3 Å². The van der Waals surface area contributed by atoms with Crippen LogP contribution in [0.3, 0.4) is 0 Å². The average Bonchev–Trinajstić information content (AvgIpc) is 2.65. The SMILES string of the molecule is NC(=O)COc1ccc(S(=O)(=O)NC[C@@H]2Cc3ccccc3CO2)cc1. The summed E-state index contributed by atoms with van der Waals surface area (Å²) in [6, 6.07) is 13.7. The summed E-state index contributed by atoms with van der Waals surface area (Å²) < 4.78 is 38.2. The number of nitrogens with two attached hydrogens (primary N) is 1. The Morgan fingerprint density at radius 3 is 2.54 bits per heavy atom. The Morgan fingerprint density at radius 1 is 1.15 bits per heavy atom. The van der Waals surface area contributed by atoms with Crippen molar-refractivity contribution in [2.45, 2.75) is 24.0 Å². The summed E-state index contributed by atoms with van der Waals surface area (Å²) in [6.07, 6.45) is 0.455. The molecule has 0 saturated heterocycles. The topological polar surface area (TPSA) is 108 Å². The maximum atomic E-state index is 12.4. The van der Waals surface area contributed by atoms with Crippen molar-refractivity contribution in [2.24, 2.45) is 5.73 Å². The van der Waals surface area contributed by atoms with Crippen LogP contribution in [0.1, 0.15) is 11.1 Å². The monoisotopic (exact) mass is 376 g/mol. The number of sulfonamides is 1. The minimum absolute atomic E-state index is 0.111. The van der Waals surface area contributed by atoms with Crippen LogP contribution in [0, 0.1) is 0 Å². The zero-order valence-corrected chi connectivity index (χ0v) is 14.9. The molecule has 0 fully saturated rings. The number of benzene rings is 2. The first kappa shape index (κ1) is 18.4. The highest BCUT2D eigenvalue weighted by Gasteiger charge is 2.22. The summed E-state index contributed by atoms with van der Waals surface area (Å²) in [7, 11) is -3.66. The number of hydrogen-bond donors (Lipinski definition) is 2. The molecular weight excluding hydrogens is 356 g/mol. The van der Waals surface area contributed by atoms with E-state index < -0.39 is 15.9 Å². The molecule has 1 aliphatic heterocycles. The van der Waals surface area contributed by atoms with Gasteiger partial charge in [0.15, 0.2) is 6.61 Å². The van der Waals surface area contributed by atoms with Crippen LogP contribution in [0.25, 0.3) is 0 Å². The number of fused-ring (bicyclic) bond motifs is 1. The lowest BCUT2D eigenvalue weighted by Crippen LogP contribution is -2.36. The van der Waals surface area contributed by atoms with Gasteiger partial charge in [-0.05, 0) is 35.4 Å². The predicted molar refractivity (Wildman–Crippen MR) is 95.0 cm³/mol.